The summed E-state index contributed by atoms with van der Waals surface area (Å²) in [6, 6.07) is 6.06. The summed E-state index contributed by atoms with van der Waals surface area (Å²) < 4.78 is 0. The molecule has 2 amide bonds. The van der Waals surface area contributed by atoms with Crippen LogP contribution in [-0.4, -0.2) is 41.9 Å². The van der Waals surface area contributed by atoms with Crippen molar-refractivity contribution in [1.29, 1.82) is 0 Å². The third-order valence-corrected chi connectivity index (χ3v) is 4.83. The second-order valence-electron chi connectivity index (χ2n) is 7.45. The number of aryl methyl sites for hydroxylation is 2. The van der Waals surface area contributed by atoms with Gasteiger partial charge in [-0.05, 0) is 50.8 Å². The predicted octanol–water partition coefficient (Wildman–Crippen LogP) is 2.87. The molecule has 1 fully saturated rings. The topological polar surface area (TPSA) is 61.4 Å². The van der Waals surface area contributed by atoms with E-state index in [9.17, 15) is 9.59 Å². The standard InChI is InChI=1S/C20H31N3O2/c1-13(2)20(25)23-10-8-17(9-11-23)21-16(5)19(24)22-18-12-14(3)6-7-15(18)4/h6-7,12-13,16-17,21H,8-11H2,1-5H3,(H,22,24)/t16-/m0/s1. The molecule has 1 aliphatic heterocycles. The molecular formula is C20H31N3O2. The van der Waals surface area contributed by atoms with Crippen molar-refractivity contribution in [2.45, 2.75) is 59.5 Å². The normalized spacial score (nSPS) is 16.8. The Morgan fingerprint density at radius 1 is 1.12 bits per heavy atom. The van der Waals surface area contributed by atoms with Crippen LogP contribution in [0.15, 0.2) is 18.2 Å². The van der Waals surface area contributed by atoms with Gasteiger partial charge in [-0.2, -0.15) is 0 Å². The molecule has 138 valence electrons. The molecule has 1 aromatic rings. The molecule has 0 aromatic heterocycles. The zero-order valence-corrected chi connectivity index (χ0v) is 16.1. The summed E-state index contributed by atoms with van der Waals surface area (Å²) in [5.74, 6) is 0.250. The maximum atomic E-state index is 12.5. The van der Waals surface area contributed by atoms with E-state index in [4.69, 9.17) is 0 Å². The summed E-state index contributed by atoms with van der Waals surface area (Å²) >= 11 is 0. The summed E-state index contributed by atoms with van der Waals surface area (Å²) in [5.41, 5.74) is 3.06. The van der Waals surface area contributed by atoms with Crippen LogP contribution in [0.3, 0.4) is 0 Å². The average molecular weight is 345 g/mol. The highest BCUT2D eigenvalue weighted by Crippen LogP contribution is 2.17. The Morgan fingerprint density at radius 2 is 1.76 bits per heavy atom. The molecular weight excluding hydrogens is 314 g/mol. The smallest absolute Gasteiger partial charge is 0.241 e. The van der Waals surface area contributed by atoms with Gasteiger partial charge in [0, 0.05) is 30.7 Å². The van der Waals surface area contributed by atoms with Gasteiger partial charge in [0.05, 0.1) is 6.04 Å². The molecule has 0 aliphatic carbocycles. The van der Waals surface area contributed by atoms with Crippen LogP contribution in [0, 0.1) is 19.8 Å². The molecule has 25 heavy (non-hydrogen) atoms. The number of hydrogen-bond donors (Lipinski definition) is 2. The van der Waals surface area contributed by atoms with Crippen LogP contribution in [0.25, 0.3) is 0 Å². The summed E-state index contributed by atoms with van der Waals surface area (Å²) in [7, 11) is 0. The van der Waals surface area contributed by atoms with E-state index in [1.807, 2.05) is 57.7 Å². The molecule has 2 rings (SSSR count). The van der Waals surface area contributed by atoms with Gasteiger partial charge in [0.1, 0.15) is 0 Å². The second-order valence-corrected chi connectivity index (χ2v) is 7.45. The van der Waals surface area contributed by atoms with Crippen LogP contribution in [0.4, 0.5) is 5.69 Å². The molecule has 1 aromatic carbocycles. The summed E-state index contributed by atoms with van der Waals surface area (Å²) in [4.78, 5) is 26.4. The number of carbonyl (C=O) groups excluding carboxylic acids is 2. The van der Waals surface area contributed by atoms with Crippen molar-refractivity contribution in [3.8, 4) is 0 Å². The molecule has 1 heterocycles. The number of amides is 2. The number of benzene rings is 1. The Hall–Kier alpha value is -1.88. The van der Waals surface area contributed by atoms with E-state index in [-0.39, 0.29) is 29.8 Å². The van der Waals surface area contributed by atoms with Crippen molar-refractivity contribution < 1.29 is 9.59 Å². The monoisotopic (exact) mass is 345 g/mol. The quantitative estimate of drug-likeness (QED) is 0.863. The SMILES string of the molecule is Cc1ccc(C)c(NC(=O)[C@H](C)NC2CCN(C(=O)C(C)C)CC2)c1. The highest BCUT2D eigenvalue weighted by Gasteiger charge is 2.26. The molecule has 5 heteroatoms. The Bertz CT molecular complexity index is 619. The lowest BCUT2D eigenvalue weighted by Crippen LogP contribution is -2.50. The summed E-state index contributed by atoms with van der Waals surface area (Å²) in [5, 5.41) is 6.43. The molecule has 5 nitrogen and oxygen atoms in total. The van der Waals surface area contributed by atoms with Gasteiger partial charge in [-0.1, -0.05) is 26.0 Å². The maximum Gasteiger partial charge on any atom is 0.241 e. The van der Waals surface area contributed by atoms with E-state index in [1.165, 1.54) is 0 Å². The Morgan fingerprint density at radius 3 is 2.36 bits per heavy atom. The van der Waals surface area contributed by atoms with Gasteiger partial charge in [-0.25, -0.2) is 0 Å². The van der Waals surface area contributed by atoms with Gasteiger partial charge in [0.15, 0.2) is 0 Å². The van der Waals surface area contributed by atoms with Crippen LogP contribution in [0.5, 0.6) is 0 Å². The minimum atomic E-state index is -0.266. The van der Waals surface area contributed by atoms with E-state index >= 15 is 0 Å². The fraction of sp³-hybridized carbons (Fsp3) is 0.600. The third kappa shape index (κ3) is 5.30. The van der Waals surface area contributed by atoms with Crippen molar-refractivity contribution in [3.05, 3.63) is 29.3 Å². The largest absolute Gasteiger partial charge is 0.342 e. The van der Waals surface area contributed by atoms with Crippen LogP contribution in [0.1, 0.15) is 44.7 Å². The van der Waals surface area contributed by atoms with Gasteiger partial charge < -0.3 is 15.5 Å². The minimum absolute atomic E-state index is 0.0191. The lowest BCUT2D eigenvalue weighted by molar-refractivity contribution is -0.135. The van der Waals surface area contributed by atoms with Crippen LogP contribution >= 0.6 is 0 Å². The Balaban J connectivity index is 1.84. The van der Waals surface area contributed by atoms with E-state index in [1.54, 1.807) is 0 Å². The molecule has 2 N–H and O–H groups in total. The van der Waals surface area contributed by atoms with Gasteiger partial charge in [-0.15, -0.1) is 0 Å². The lowest BCUT2D eigenvalue weighted by atomic mass is 10.0. The number of piperidine rings is 1. The first-order valence-corrected chi connectivity index (χ1v) is 9.21. The minimum Gasteiger partial charge on any atom is -0.342 e. The summed E-state index contributed by atoms with van der Waals surface area (Å²) in [6.45, 7) is 11.3. The predicted molar refractivity (Wildman–Crippen MR) is 102 cm³/mol. The first kappa shape index (κ1) is 19.4. The Kier molecular flexibility index (Phi) is 6.59. The summed E-state index contributed by atoms with van der Waals surface area (Å²) in [6.07, 6.45) is 1.78. The average Bonchev–Trinajstić information content (AvgIpc) is 2.58. The van der Waals surface area contributed by atoms with Crippen molar-refractivity contribution in [2.24, 2.45) is 5.92 Å². The number of rotatable bonds is 5. The number of likely N-dealkylation sites (tertiary alicyclic amines) is 1. The molecule has 1 aliphatic rings. The van der Waals surface area contributed by atoms with E-state index in [0.29, 0.717) is 0 Å². The van der Waals surface area contributed by atoms with Crippen molar-refractivity contribution in [1.82, 2.24) is 10.2 Å². The number of anilines is 1. The zero-order valence-electron chi connectivity index (χ0n) is 16.1. The first-order valence-electron chi connectivity index (χ1n) is 9.21. The molecule has 0 radical (unpaired) electrons. The van der Waals surface area contributed by atoms with Crippen molar-refractivity contribution in [2.75, 3.05) is 18.4 Å². The molecule has 0 unspecified atom stereocenters. The number of nitrogens with zero attached hydrogens (tertiary/aromatic N) is 1. The fourth-order valence-corrected chi connectivity index (χ4v) is 3.17. The van der Waals surface area contributed by atoms with Crippen LogP contribution < -0.4 is 10.6 Å². The number of carbonyl (C=O) groups is 2. The first-order chi connectivity index (χ1) is 11.8. The molecule has 0 bridgehead atoms. The van der Waals surface area contributed by atoms with Gasteiger partial charge in [0.2, 0.25) is 11.8 Å². The highest BCUT2D eigenvalue weighted by molar-refractivity contribution is 5.95. The highest BCUT2D eigenvalue weighted by atomic mass is 16.2. The molecule has 1 atom stereocenters. The molecule has 0 spiro atoms. The van der Waals surface area contributed by atoms with E-state index < -0.39 is 0 Å². The molecule has 1 saturated heterocycles. The number of hydrogen-bond acceptors (Lipinski definition) is 3. The van der Waals surface area contributed by atoms with E-state index in [0.717, 1.165) is 42.7 Å². The maximum absolute atomic E-state index is 12.5. The van der Waals surface area contributed by atoms with Crippen molar-refractivity contribution >= 4 is 17.5 Å². The van der Waals surface area contributed by atoms with Crippen molar-refractivity contribution in [3.63, 3.8) is 0 Å². The second kappa shape index (κ2) is 8.48. The van der Waals surface area contributed by atoms with Gasteiger partial charge >= 0.3 is 0 Å². The fourth-order valence-electron chi connectivity index (χ4n) is 3.17. The Labute approximate surface area is 151 Å². The van der Waals surface area contributed by atoms with Crippen LogP contribution in [0.2, 0.25) is 0 Å². The van der Waals surface area contributed by atoms with E-state index in [2.05, 4.69) is 10.6 Å². The van der Waals surface area contributed by atoms with Gasteiger partial charge in [-0.3, -0.25) is 9.59 Å². The zero-order chi connectivity index (χ0) is 18.6. The molecule has 0 saturated carbocycles. The lowest BCUT2D eigenvalue weighted by Gasteiger charge is -2.34. The third-order valence-electron chi connectivity index (χ3n) is 4.83. The van der Waals surface area contributed by atoms with Gasteiger partial charge in [0.25, 0.3) is 0 Å². The number of nitrogens with one attached hydrogen (secondary N) is 2. The van der Waals surface area contributed by atoms with Crippen LogP contribution in [-0.2, 0) is 9.59 Å².